The van der Waals surface area contributed by atoms with Crippen LogP contribution < -0.4 is 10.6 Å². The van der Waals surface area contributed by atoms with E-state index in [0.717, 1.165) is 19.3 Å². The van der Waals surface area contributed by atoms with Crippen LogP contribution >= 0.6 is 0 Å². The van der Waals surface area contributed by atoms with Crippen LogP contribution in [-0.2, 0) is 16.0 Å². The maximum Gasteiger partial charge on any atom is 0.224 e. The van der Waals surface area contributed by atoms with E-state index in [2.05, 4.69) is 34.9 Å². The Labute approximate surface area is 148 Å². The van der Waals surface area contributed by atoms with Crippen LogP contribution in [0.2, 0.25) is 0 Å². The predicted octanol–water partition coefficient (Wildman–Crippen LogP) is 2.30. The number of carbonyl (C=O) groups is 2. The molecule has 1 aromatic rings. The van der Waals surface area contributed by atoms with Gasteiger partial charge in [-0.15, -0.1) is 0 Å². The first-order valence-electron chi connectivity index (χ1n) is 9.56. The molecule has 5 rings (SSSR count). The Balaban J connectivity index is 1.25. The van der Waals surface area contributed by atoms with Gasteiger partial charge in [-0.2, -0.15) is 0 Å². The summed E-state index contributed by atoms with van der Waals surface area (Å²) in [7, 11) is 0. The molecular weight excluding hydrogens is 312 g/mol. The van der Waals surface area contributed by atoms with Gasteiger partial charge in [0.2, 0.25) is 11.8 Å². The quantitative estimate of drug-likeness (QED) is 0.829. The Morgan fingerprint density at radius 2 is 1.60 bits per heavy atom. The Morgan fingerprint density at radius 3 is 2.32 bits per heavy atom. The van der Waals surface area contributed by atoms with Crippen molar-refractivity contribution in [3.8, 4) is 0 Å². The third-order valence-corrected chi connectivity index (χ3v) is 6.38. The van der Waals surface area contributed by atoms with E-state index in [1.807, 2.05) is 12.2 Å². The van der Waals surface area contributed by atoms with Gasteiger partial charge in [0, 0.05) is 18.0 Å². The summed E-state index contributed by atoms with van der Waals surface area (Å²) in [4.78, 5) is 25.4. The van der Waals surface area contributed by atoms with Gasteiger partial charge in [-0.1, -0.05) is 36.4 Å². The molecule has 2 N–H and O–H groups in total. The highest BCUT2D eigenvalue weighted by Crippen LogP contribution is 2.56. The molecule has 2 amide bonds. The maximum atomic E-state index is 12.9. The molecule has 5 atom stereocenters. The van der Waals surface area contributed by atoms with Crippen molar-refractivity contribution in [2.24, 2.45) is 17.8 Å². The van der Waals surface area contributed by atoms with E-state index in [4.69, 9.17) is 0 Å². The first-order valence-corrected chi connectivity index (χ1v) is 9.56. The molecule has 0 saturated heterocycles. The Morgan fingerprint density at radius 1 is 0.920 bits per heavy atom. The molecular formula is C21H24N2O2. The Kier molecular flexibility index (Phi) is 3.47. The van der Waals surface area contributed by atoms with Crippen LogP contribution in [0.4, 0.5) is 0 Å². The average Bonchev–Trinajstić information content (AvgIpc) is 3.53. The number of amides is 2. The van der Waals surface area contributed by atoms with Crippen molar-refractivity contribution in [2.75, 3.05) is 0 Å². The lowest BCUT2D eigenvalue weighted by Crippen LogP contribution is -2.44. The van der Waals surface area contributed by atoms with Crippen LogP contribution in [0.15, 0.2) is 36.4 Å². The van der Waals surface area contributed by atoms with E-state index in [1.54, 1.807) is 0 Å². The predicted molar refractivity (Wildman–Crippen MR) is 94.8 cm³/mol. The highest BCUT2D eigenvalue weighted by atomic mass is 16.2. The summed E-state index contributed by atoms with van der Waals surface area (Å²) in [6, 6.07) is 9.19. The molecule has 4 nitrogen and oxygen atoms in total. The zero-order valence-corrected chi connectivity index (χ0v) is 14.3. The van der Waals surface area contributed by atoms with Crippen molar-refractivity contribution in [3.05, 3.63) is 47.5 Å². The molecule has 4 aliphatic carbocycles. The van der Waals surface area contributed by atoms with Crippen LogP contribution in [-0.4, -0.2) is 23.9 Å². The van der Waals surface area contributed by atoms with Gasteiger partial charge in [0.1, 0.15) is 0 Å². The lowest BCUT2D eigenvalue weighted by molar-refractivity contribution is -0.135. The molecule has 0 heterocycles. The number of hydrogen-bond acceptors (Lipinski definition) is 2. The van der Waals surface area contributed by atoms with Crippen LogP contribution in [0.1, 0.15) is 42.7 Å². The molecule has 0 aliphatic heterocycles. The maximum absolute atomic E-state index is 12.9. The highest BCUT2D eigenvalue weighted by Gasteiger charge is 2.56. The van der Waals surface area contributed by atoms with Gasteiger partial charge in [0.05, 0.1) is 11.8 Å². The fourth-order valence-corrected chi connectivity index (χ4v) is 4.75. The number of nitrogens with one attached hydrogen (secondary N) is 2. The standard InChI is InChI=1S/C21H24N2O2/c24-20(22-13-9-10-13)15-7-3-4-8-16(15)21(25)23-19-17-11-12-5-1-2-6-14(12)18(17)19/h1-6,13,15-19H,7-11H2,(H,22,24)(H,23,25)/t15-,16+,17-,18-,19-/m1/s1. The molecule has 2 saturated carbocycles. The molecule has 0 bridgehead atoms. The Bertz CT molecular complexity index is 752. The number of rotatable bonds is 4. The molecule has 130 valence electrons. The summed E-state index contributed by atoms with van der Waals surface area (Å²) in [6.45, 7) is 0. The van der Waals surface area contributed by atoms with E-state index < -0.39 is 0 Å². The SMILES string of the molecule is O=C(N[C@@H]1[C@@H]2Cc3ccccc3[C@H]21)[C@H]1CC=CC[C@H]1C(=O)NC1CC1. The number of hydrogen-bond donors (Lipinski definition) is 2. The number of benzene rings is 1. The second-order valence-corrected chi connectivity index (χ2v) is 8.07. The third kappa shape index (κ3) is 2.68. The van der Waals surface area contributed by atoms with Crippen molar-refractivity contribution in [1.29, 1.82) is 0 Å². The second kappa shape index (κ2) is 5.72. The summed E-state index contributed by atoms with van der Waals surface area (Å²) >= 11 is 0. The minimum atomic E-state index is -0.222. The lowest BCUT2D eigenvalue weighted by Gasteiger charge is -2.27. The number of carbonyl (C=O) groups excluding carboxylic acids is 2. The van der Waals surface area contributed by atoms with E-state index in [9.17, 15) is 9.59 Å². The first-order chi connectivity index (χ1) is 12.2. The van der Waals surface area contributed by atoms with Crippen molar-refractivity contribution < 1.29 is 9.59 Å². The van der Waals surface area contributed by atoms with Gasteiger partial charge in [-0.3, -0.25) is 9.59 Å². The molecule has 2 fully saturated rings. The molecule has 1 aromatic carbocycles. The van der Waals surface area contributed by atoms with Gasteiger partial charge >= 0.3 is 0 Å². The number of fused-ring (bicyclic) bond motifs is 3. The average molecular weight is 336 g/mol. The molecule has 0 aromatic heterocycles. The third-order valence-electron chi connectivity index (χ3n) is 6.38. The van der Waals surface area contributed by atoms with Gasteiger partial charge < -0.3 is 10.6 Å². The molecule has 0 spiro atoms. The van der Waals surface area contributed by atoms with Crippen LogP contribution in [0.5, 0.6) is 0 Å². The molecule has 0 radical (unpaired) electrons. The van der Waals surface area contributed by atoms with Crippen molar-refractivity contribution in [1.82, 2.24) is 10.6 Å². The van der Waals surface area contributed by atoms with Crippen molar-refractivity contribution in [2.45, 2.75) is 50.1 Å². The number of allylic oxidation sites excluding steroid dienone is 2. The molecule has 4 heteroatoms. The summed E-state index contributed by atoms with van der Waals surface area (Å²) in [5.74, 6) is 0.736. The zero-order chi connectivity index (χ0) is 17.0. The van der Waals surface area contributed by atoms with E-state index in [0.29, 0.717) is 30.7 Å². The minimum Gasteiger partial charge on any atom is -0.353 e. The van der Waals surface area contributed by atoms with Crippen LogP contribution in [0.25, 0.3) is 0 Å². The monoisotopic (exact) mass is 336 g/mol. The van der Waals surface area contributed by atoms with E-state index in [1.165, 1.54) is 11.1 Å². The Hall–Kier alpha value is -2.10. The fraction of sp³-hybridized carbons (Fsp3) is 0.524. The van der Waals surface area contributed by atoms with Crippen LogP contribution in [0.3, 0.4) is 0 Å². The van der Waals surface area contributed by atoms with Crippen LogP contribution in [0, 0.1) is 17.8 Å². The summed E-state index contributed by atoms with van der Waals surface area (Å²) in [5, 5.41) is 6.34. The van der Waals surface area contributed by atoms with Gasteiger partial charge in [0.25, 0.3) is 0 Å². The molecule has 25 heavy (non-hydrogen) atoms. The summed E-state index contributed by atoms with van der Waals surface area (Å²) in [5.41, 5.74) is 2.84. The van der Waals surface area contributed by atoms with E-state index in [-0.39, 0.29) is 29.7 Å². The first kappa shape index (κ1) is 15.2. The second-order valence-electron chi connectivity index (χ2n) is 8.07. The molecule has 0 unspecified atom stereocenters. The molecule has 4 aliphatic rings. The largest absolute Gasteiger partial charge is 0.353 e. The zero-order valence-electron chi connectivity index (χ0n) is 14.3. The minimum absolute atomic E-state index is 0.0633. The normalized spacial score (nSPS) is 34.8. The topological polar surface area (TPSA) is 58.2 Å². The van der Waals surface area contributed by atoms with Gasteiger partial charge in [-0.25, -0.2) is 0 Å². The fourth-order valence-electron chi connectivity index (χ4n) is 4.75. The summed E-state index contributed by atoms with van der Waals surface area (Å²) < 4.78 is 0. The summed E-state index contributed by atoms with van der Waals surface area (Å²) in [6.07, 6.45) is 8.68. The highest BCUT2D eigenvalue weighted by molar-refractivity contribution is 5.89. The van der Waals surface area contributed by atoms with Gasteiger partial charge in [-0.05, 0) is 49.1 Å². The van der Waals surface area contributed by atoms with E-state index >= 15 is 0 Å². The smallest absolute Gasteiger partial charge is 0.224 e. The van der Waals surface area contributed by atoms with Crippen molar-refractivity contribution >= 4 is 11.8 Å². The van der Waals surface area contributed by atoms with Crippen molar-refractivity contribution in [3.63, 3.8) is 0 Å². The lowest BCUT2D eigenvalue weighted by atomic mass is 9.81. The van der Waals surface area contributed by atoms with Gasteiger partial charge in [0.15, 0.2) is 0 Å².